The maximum atomic E-state index is 13.8. The van der Waals surface area contributed by atoms with Crippen molar-refractivity contribution in [1.29, 1.82) is 5.26 Å². The fourth-order valence-corrected chi connectivity index (χ4v) is 2.13. The summed E-state index contributed by atoms with van der Waals surface area (Å²) in [7, 11) is 0. The third-order valence-corrected chi connectivity index (χ3v) is 3.22. The van der Waals surface area contributed by atoms with E-state index in [9.17, 15) is 4.39 Å². The summed E-state index contributed by atoms with van der Waals surface area (Å²) >= 11 is 0. The molecule has 102 valence electrons. The zero-order chi connectivity index (χ0) is 14.5. The summed E-state index contributed by atoms with van der Waals surface area (Å²) in [5.41, 5.74) is 2.04. The van der Waals surface area contributed by atoms with Crippen LogP contribution >= 0.6 is 0 Å². The minimum Gasteiger partial charge on any atom is -0.365 e. The van der Waals surface area contributed by atoms with Gasteiger partial charge in [0.2, 0.25) is 0 Å². The van der Waals surface area contributed by atoms with Crippen molar-refractivity contribution in [3.63, 3.8) is 0 Å². The summed E-state index contributed by atoms with van der Waals surface area (Å²) in [5, 5.41) is 8.79. The van der Waals surface area contributed by atoms with Gasteiger partial charge in [0.25, 0.3) is 0 Å². The molecule has 2 aromatic rings. The minimum atomic E-state index is -0.469. The van der Waals surface area contributed by atoms with Crippen LogP contribution in [0.25, 0.3) is 0 Å². The number of hydrogen-bond acceptors (Lipinski definition) is 2. The zero-order valence-electron chi connectivity index (χ0n) is 11.7. The SMILES string of the molecule is CC(C)N(Cc1ccccc1)c1ccc(C#N)c(F)c1. The van der Waals surface area contributed by atoms with Crippen molar-refractivity contribution in [3.05, 3.63) is 65.5 Å². The van der Waals surface area contributed by atoms with E-state index in [-0.39, 0.29) is 11.6 Å². The lowest BCUT2D eigenvalue weighted by molar-refractivity contribution is 0.618. The predicted molar refractivity (Wildman–Crippen MR) is 78.9 cm³/mol. The second-order valence-corrected chi connectivity index (χ2v) is 4.98. The van der Waals surface area contributed by atoms with Gasteiger partial charge < -0.3 is 4.90 Å². The molecule has 0 radical (unpaired) electrons. The Morgan fingerprint density at radius 1 is 1.15 bits per heavy atom. The molecule has 0 saturated heterocycles. The van der Waals surface area contributed by atoms with E-state index in [2.05, 4.69) is 30.9 Å². The quantitative estimate of drug-likeness (QED) is 0.834. The van der Waals surface area contributed by atoms with E-state index < -0.39 is 5.82 Å². The van der Waals surface area contributed by atoms with Gasteiger partial charge in [-0.3, -0.25) is 0 Å². The van der Waals surface area contributed by atoms with Gasteiger partial charge in [0.15, 0.2) is 0 Å². The summed E-state index contributed by atoms with van der Waals surface area (Å²) in [6.45, 7) is 4.85. The Morgan fingerprint density at radius 3 is 2.40 bits per heavy atom. The molecule has 2 rings (SSSR count). The smallest absolute Gasteiger partial charge is 0.143 e. The molecule has 2 aromatic carbocycles. The lowest BCUT2D eigenvalue weighted by Crippen LogP contribution is -2.30. The number of nitriles is 1. The van der Waals surface area contributed by atoms with Crippen LogP contribution < -0.4 is 4.90 Å². The molecule has 0 aromatic heterocycles. The van der Waals surface area contributed by atoms with Gasteiger partial charge in [0.05, 0.1) is 5.56 Å². The maximum Gasteiger partial charge on any atom is 0.143 e. The molecule has 0 saturated carbocycles. The molecule has 3 heteroatoms. The molecule has 0 aliphatic rings. The van der Waals surface area contributed by atoms with Crippen LogP contribution in [0.2, 0.25) is 0 Å². The Bertz CT molecular complexity index is 615. The Kier molecular flexibility index (Phi) is 4.37. The fraction of sp³-hybridized carbons (Fsp3) is 0.235. The van der Waals surface area contributed by atoms with Crippen molar-refractivity contribution < 1.29 is 4.39 Å². The molecule has 0 spiro atoms. The van der Waals surface area contributed by atoms with Crippen molar-refractivity contribution in [2.75, 3.05) is 4.90 Å². The Labute approximate surface area is 119 Å². The number of hydrogen-bond donors (Lipinski definition) is 0. The van der Waals surface area contributed by atoms with Crippen LogP contribution in [0.4, 0.5) is 10.1 Å². The van der Waals surface area contributed by atoms with Crippen LogP contribution in [0.15, 0.2) is 48.5 Å². The van der Waals surface area contributed by atoms with Crippen LogP contribution in [0, 0.1) is 17.1 Å². The number of anilines is 1. The highest BCUT2D eigenvalue weighted by molar-refractivity contribution is 5.51. The molecular formula is C17H17FN2. The van der Waals surface area contributed by atoms with Crippen LogP contribution in [-0.4, -0.2) is 6.04 Å². The van der Waals surface area contributed by atoms with E-state index in [0.29, 0.717) is 6.54 Å². The predicted octanol–water partition coefficient (Wildman–Crippen LogP) is 4.11. The van der Waals surface area contributed by atoms with Gasteiger partial charge in [0, 0.05) is 18.3 Å². The molecule has 0 aliphatic carbocycles. The van der Waals surface area contributed by atoms with Gasteiger partial charge in [-0.1, -0.05) is 30.3 Å². The highest BCUT2D eigenvalue weighted by atomic mass is 19.1. The maximum absolute atomic E-state index is 13.8. The molecule has 20 heavy (non-hydrogen) atoms. The summed E-state index contributed by atoms with van der Waals surface area (Å²) in [5.74, 6) is -0.469. The molecule has 2 nitrogen and oxygen atoms in total. The molecule has 0 unspecified atom stereocenters. The van der Waals surface area contributed by atoms with Crippen molar-refractivity contribution >= 4 is 5.69 Å². The van der Waals surface area contributed by atoms with Crippen LogP contribution in [-0.2, 0) is 6.54 Å². The summed E-state index contributed by atoms with van der Waals surface area (Å²) in [6, 6.07) is 16.9. The van der Waals surface area contributed by atoms with Gasteiger partial charge in [-0.2, -0.15) is 5.26 Å². The first kappa shape index (κ1) is 14.1. The van der Waals surface area contributed by atoms with Crippen LogP contribution in [0.5, 0.6) is 0 Å². The van der Waals surface area contributed by atoms with Gasteiger partial charge in [-0.15, -0.1) is 0 Å². The molecule has 0 fully saturated rings. The summed E-state index contributed by atoms with van der Waals surface area (Å²) < 4.78 is 13.8. The average Bonchev–Trinajstić information content (AvgIpc) is 2.45. The van der Waals surface area contributed by atoms with E-state index in [1.165, 1.54) is 17.7 Å². The largest absolute Gasteiger partial charge is 0.365 e. The van der Waals surface area contributed by atoms with E-state index in [0.717, 1.165) is 5.69 Å². The lowest BCUT2D eigenvalue weighted by atomic mass is 10.1. The standard InChI is InChI=1S/C17H17FN2/c1-13(2)20(12-14-6-4-3-5-7-14)16-9-8-15(11-19)17(18)10-16/h3-10,13H,12H2,1-2H3. The second-order valence-electron chi connectivity index (χ2n) is 4.98. The van der Waals surface area contributed by atoms with Crippen molar-refractivity contribution in [2.24, 2.45) is 0 Å². The van der Waals surface area contributed by atoms with Gasteiger partial charge in [-0.05, 0) is 37.6 Å². The first-order chi connectivity index (χ1) is 9.61. The molecule has 0 amide bonds. The van der Waals surface area contributed by atoms with Crippen molar-refractivity contribution in [3.8, 4) is 6.07 Å². The number of nitrogens with zero attached hydrogens (tertiary/aromatic N) is 2. The highest BCUT2D eigenvalue weighted by Crippen LogP contribution is 2.22. The third-order valence-electron chi connectivity index (χ3n) is 3.22. The first-order valence-electron chi connectivity index (χ1n) is 6.62. The Hall–Kier alpha value is -2.34. The summed E-state index contributed by atoms with van der Waals surface area (Å²) in [6.07, 6.45) is 0. The monoisotopic (exact) mass is 268 g/mol. The van der Waals surface area contributed by atoms with Gasteiger partial charge >= 0.3 is 0 Å². The van der Waals surface area contributed by atoms with E-state index in [1.54, 1.807) is 6.07 Å². The zero-order valence-corrected chi connectivity index (χ0v) is 11.7. The Balaban J connectivity index is 2.30. The topological polar surface area (TPSA) is 27.0 Å². The molecular weight excluding hydrogens is 251 g/mol. The van der Waals surface area contributed by atoms with E-state index >= 15 is 0 Å². The van der Waals surface area contributed by atoms with Gasteiger partial charge in [-0.25, -0.2) is 4.39 Å². The normalized spacial score (nSPS) is 10.3. The van der Waals surface area contributed by atoms with E-state index in [4.69, 9.17) is 5.26 Å². The Morgan fingerprint density at radius 2 is 1.85 bits per heavy atom. The molecule has 0 aliphatic heterocycles. The third kappa shape index (κ3) is 3.16. The molecule has 0 N–H and O–H groups in total. The fourth-order valence-electron chi connectivity index (χ4n) is 2.13. The van der Waals surface area contributed by atoms with Crippen LogP contribution in [0.3, 0.4) is 0 Å². The van der Waals surface area contributed by atoms with Crippen molar-refractivity contribution in [1.82, 2.24) is 0 Å². The first-order valence-corrected chi connectivity index (χ1v) is 6.62. The van der Waals surface area contributed by atoms with Gasteiger partial charge in [0.1, 0.15) is 11.9 Å². The number of halogens is 1. The molecule has 0 heterocycles. The number of rotatable bonds is 4. The second kappa shape index (κ2) is 6.21. The minimum absolute atomic E-state index is 0.0807. The molecule has 0 bridgehead atoms. The molecule has 0 atom stereocenters. The van der Waals surface area contributed by atoms with Crippen LogP contribution in [0.1, 0.15) is 25.0 Å². The number of benzene rings is 2. The van der Waals surface area contributed by atoms with Crippen molar-refractivity contribution in [2.45, 2.75) is 26.4 Å². The summed E-state index contributed by atoms with van der Waals surface area (Å²) in [4.78, 5) is 2.11. The lowest BCUT2D eigenvalue weighted by Gasteiger charge is -2.29. The van der Waals surface area contributed by atoms with E-state index in [1.807, 2.05) is 24.3 Å². The highest BCUT2D eigenvalue weighted by Gasteiger charge is 2.13. The average molecular weight is 268 g/mol.